The molecule has 7 heteroatoms. The van der Waals surface area contributed by atoms with Gasteiger partial charge in [0.15, 0.2) is 14.3 Å². The minimum atomic E-state index is -3.47. The van der Waals surface area contributed by atoms with Crippen LogP contribution in [0.25, 0.3) is 22.3 Å². The van der Waals surface area contributed by atoms with Gasteiger partial charge in [0.25, 0.3) is 0 Å². The quantitative estimate of drug-likeness (QED) is 0.156. The maximum atomic E-state index is 16.1. The summed E-state index contributed by atoms with van der Waals surface area (Å²) in [6, 6.07) is 59.8. The van der Waals surface area contributed by atoms with E-state index in [1.165, 1.54) is 0 Å². The highest BCUT2D eigenvalue weighted by molar-refractivity contribution is 7.85. The minimum Gasteiger partial charge on any atom is -0.309 e. The highest BCUT2D eigenvalue weighted by atomic mass is 35.5. The van der Waals surface area contributed by atoms with E-state index in [4.69, 9.17) is 34.8 Å². The first-order valence-corrected chi connectivity index (χ1v) is 23.2. The summed E-state index contributed by atoms with van der Waals surface area (Å²) < 4.78 is 32.1. The first-order valence-electron chi connectivity index (χ1n) is 18.7. The van der Waals surface area contributed by atoms with Crippen LogP contribution in [-0.4, -0.2) is 0 Å². The highest BCUT2D eigenvalue weighted by Gasteiger charge is 2.52. The largest absolute Gasteiger partial charge is 0.309 e. The molecule has 2 aliphatic rings. The molecule has 0 saturated carbocycles. The zero-order valence-corrected chi connectivity index (χ0v) is 34.7. The standard InChI is InChI=1S/C50H33Cl3O2P2/c1-32-10-18-36(19-11-32)56(54,37-20-12-33(51)13-21-37)40-26-28-44-45-29-27-41(57(55,38-22-14-34(52)15-23-38)39-24-16-35(53)17-25-39)31-49(45)50(48(44)30-40)46-8-4-2-6-42(46)43-7-3-5-9-47(43)50/h2-31H,1H3. The molecule has 0 amide bonds. The summed E-state index contributed by atoms with van der Waals surface area (Å²) in [6.07, 6.45) is 0. The van der Waals surface area contributed by atoms with Crippen LogP contribution < -0.4 is 31.8 Å². The summed E-state index contributed by atoms with van der Waals surface area (Å²) in [5.41, 5.74) is 8.99. The molecule has 2 nitrogen and oxygen atoms in total. The van der Waals surface area contributed by atoms with E-state index in [1.807, 2.05) is 91.9 Å². The van der Waals surface area contributed by atoms with E-state index in [0.717, 1.165) is 60.7 Å². The third kappa shape index (κ3) is 5.39. The first-order chi connectivity index (χ1) is 27.6. The molecular weight excluding hydrogens is 801 g/mol. The van der Waals surface area contributed by atoms with Gasteiger partial charge in [0.05, 0.1) is 5.41 Å². The smallest absolute Gasteiger partial charge is 0.171 e. The van der Waals surface area contributed by atoms with E-state index in [9.17, 15) is 0 Å². The van der Waals surface area contributed by atoms with Crippen LogP contribution in [0.3, 0.4) is 0 Å². The number of benzene rings is 8. The number of hydrogen-bond acceptors (Lipinski definition) is 2. The molecule has 0 heterocycles. The van der Waals surface area contributed by atoms with Crippen molar-refractivity contribution < 1.29 is 9.13 Å². The molecule has 0 N–H and O–H groups in total. The van der Waals surface area contributed by atoms with Gasteiger partial charge in [0, 0.05) is 46.9 Å². The Balaban J connectivity index is 1.28. The summed E-state index contributed by atoms with van der Waals surface area (Å²) in [5, 5.41) is 5.97. The van der Waals surface area contributed by atoms with Gasteiger partial charge in [-0.1, -0.05) is 137 Å². The Hall–Kier alpha value is -4.91. The normalized spacial score (nSPS) is 14.4. The number of rotatable bonds is 6. The predicted molar refractivity (Wildman–Crippen MR) is 241 cm³/mol. The Morgan fingerprint density at radius 1 is 0.351 bits per heavy atom. The average Bonchev–Trinajstić information content (AvgIpc) is 3.71. The van der Waals surface area contributed by atoms with Crippen LogP contribution >= 0.6 is 49.1 Å². The van der Waals surface area contributed by atoms with Crippen LogP contribution in [0.1, 0.15) is 27.8 Å². The maximum Gasteiger partial charge on any atom is 0.171 e. The van der Waals surface area contributed by atoms with Crippen molar-refractivity contribution in [1.29, 1.82) is 0 Å². The zero-order chi connectivity index (χ0) is 39.1. The zero-order valence-electron chi connectivity index (χ0n) is 30.7. The lowest BCUT2D eigenvalue weighted by atomic mass is 9.70. The molecule has 0 aliphatic heterocycles. The lowest BCUT2D eigenvalue weighted by molar-refractivity contribution is 0.591. The molecule has 0 fully saturated rings. The van der Waals surface area contributed by atoms with E-state index in [-0.39, 0.29) is 0 Å². The fourth-order valence-electron chi connectivity index (χ4n) is 9.11. The maximum absolute atomic E-state index is 16.1. The SMILES string of the molecule is Cc1ccc(P(=O)(c2ccc(Cl)cc2)c2ccc3c(c2)C2(c4ccccc4-c4ccccc42)c2cc(P(=O)(c4ccc(Cl)cc4)c4ccc(Cl)cc4)ccc2-3)cc1. The van der Waals surface area contributed by atoms with Gasteiger partial charge in [0.1, 0.15) is 0 Å². The molecule has 0 aromatic heterocycles. The Kier molecular flexibility index (Phi) is 8.69. The number of aryl methyl sites for hydroxylation is 1. The minimum absolute atomic E-state index is 0.571. The first kappa shape index (κ1) is 36.4. The topological polar surface area (TPSA) is 34.1 Å². The molecule has 1 atom stereocenters. The number of hydrogen-bond donors (Lipinski definition) is 0. The second-order valence-corrected chi connectivity index (χ2v) is 21.6. The fraction of sp³-hybridized carbons (Fsp3) is 0.0400. The van der Waals surface area contributed by atoms with Crippen molar-refractivity contribution in [3.05, 3.63) is 225 Å². The van der Waals surface area contributed by atoms with Gasteiger partial charge in [-0.15, -0.1) is 0 Å². The molecule has 10 rings (SSSR count). The molecule has 8 aromatic carbocycles. The number of halogens is 3. The molecule has 0 saturated heterocycles. The van der Waals surface area contributed by atoms with Crippen molar-refractivity contribution in [3.8, 4) is 22.3 Å². The van der Waals surface area contributed by atoms with Crippen LogP contribution in [0.15, 0.2) is 182 Å². The molecule has 57 heavy (non-hydrogen) atoms. The van der Waals surface area contributed by atoms with Crippen LogP contribution in [0.5, 0.6) is 0 Å². The van der Waals surface area contributed by atoms with E-state index >= 15 is 9.13 Å². The van der Waals surface area contributed by atoms with Crippen molar-refractivity contribution in [2.75, 3.05) is 0 Å². The molecule has 1 unspecified atom stereocenters. The van der Waals surface area contributed by atoms with Crippen LogP contribution in [-0.2, 0) is 14.5 Å². The van der Waals surface area contributed by atoms with Crippen molar-refractivity contribution in [2.24, 2.45) is 0 Å². The number of fused-ring (bicyclic) bond motifs is 10. The average molecular weight is 834 g/mol. The van der Waals surface area contributed by atoms with Crippen LogP contribution in [0.4, 0.5) is 0 Å². The van der Waals surface area contributed by atoms with Crippen molar-refractivity contribution in [1.82, 2.24) is 0 Å². The summed E-state index contributed by atoms with van der Waals surface area (Å²) in [5.74, 6) is 0. The monoisotopic (exact) mass is 832 g/mol. The lowest BCUT2D eigenvalue weighted by Gasteiger charge is -2.32. The molecule has 1 spiro atoms. The second-order valence-electron chi connectivity index (χ2n) is 14.8. The van der Waals surface area contributed by atoms with Crippen molar-refractivity contribution >= 4 is 80.9 Å². The predicted octanol–water partition coefficient (Wildman–Crippen LogP) is 11.6. The van der Waals surface area contributed by atoms with Gasteiger partial charge in [0.2, 0.25) is 0 Å². The third-order valence-corrected chi connectivity index (χ3v) is 18.6. The molecule has 2 aliphatic carbocycles. The molecular formula is C50H33Cl3O2P2. The molecule has 8 aromatic rings. The van der Waals surface area contributed by atoms with Gasteiger partial charge in [-0.2, -0.15) is 0 Å². The second kappa shape index (κ2) is 13.6. The fourth-order valence-corrected chi connectivity index (χ4v) is 14.7. The third-order valence-electron chi connectivity index (χ3n) is 11.8. The Morgan fingerprint density at radius 3 is 1.02 bits per heavy atom. The Labute approximate surface area is 347 Å². The van der Waals surface area contributed by atoms with E-state index in [1.54, 1.807) is 24.3 Å². The summed E-state index contributed by atoms with van der Waals surface area (Å²) in [6.45, 7) is 2.04. The van der Waals surface area contributed by atoms with E-state index < -0.39 is 19.7 Å². The lowest BCUT2D eigenvalue weighted by Crippen LogP contribution is -2.31. The van der Waals surface area contributed by atoms with Gasteiger partial charge in [-0.05, 0) is 136 Å². The van der Waals surface area contributed by atoms with Gasteiger partial charge < -0.3 is 9.13 Å². The van der Waals surface area contributed by atoms with E-state index in [2.05, 4.69) is 72.8 Å². The van der Waals surface area contributed by atoms with Gasteiger partial charge in [-0.3, -0.25) is 0 Å². The summed E-state index contributed by atoms with van der Waals surface area (Å²) >= 11 is 19.2. The molecule has 276 valence electrons. The Morgan fingerprint density at radius 2 is 0.649 bits per heavy atom. The van der Waals surface area contributed by atoms with Gasteiger partial charge >= 0.3 is 0 Å². The van der Waals surface area contributed by atoms with Crippen LogP contribution in [0, 0.1) is 6.92 Å². The van der Waals surface area contributed by atoms with Crippen molar-refractivity contribution in [2.45, 2.75) is 12.3 Å². The van der Waals surface area contributed by atoms with E-state index in [0.29, 0.717) is 36.3 Å². The molecule has 0 bridgehead atoms. The van der Waals surface area contributed by atoms with Crippen LogP contribution in [0.2, 0.25) is 15.1 Å². The molecule has 0 radical (unpaired) electrons. The highest BCUT2D eigenvalue weighted by Crippen LogP contribution is 2.63. The van der Waals surface area contributed by atoms with Crippen molar-refractivity contribution in [3.63, 3.8) is 0 Å². The summed E-state index contributed by atoms with van der Waals surface area (Å²) in [4.78, 5) is 0. The summed E-state index contributed by atoms with van der Waals surface area (Å²) in [7, 11) is -6.89. The Bertz CT molecular complexity index is 2690. The van der Waals surface area contributed by atoms with Gasteiger partial charge in [-0.25, -0.2) is 0 Å².